The number of aliphatic carboxylic acids is 1. The maximum atomic E-state index is 10.7. The summed E-state index contributed by atoms with van der Waals surface area (Å²) in [6.07, 6.45) is 19.9. The van der Waals surface area contributed by atoms with E-state index in [9.17, 15) is 4.79 Å². The molecule has 150 valence electrons. The van der Waals surface area contributed by atoms with Gasteiger partial charge in [-0.2, -0.15) is 0 Å². The minimum atomic E-state index is -0.660. The first kappa shape index (κ1) is 24.4. The van der Waals surface area contributed by atoms with Gasteiger partial charge >= 0.3 is 5.97 Å². The van der Waals surface area contributed by atoms with Crippen LogP contribution >= 0.6 is 0 Å². The lowest BCUT2D eigenvalue weighted by Gasteiger charge is -2.22. The van der Waals surface area contributed by atoms with Crippen LogP contribution in [0.3, 0.4) is 0 Å². The average Bonchev–Trinajstić information content (AvgIpc) is 2.59. The van der Waals surface area contributed by atoms with Gasteiger partial charge in [0, 0.05) is 6.42 Å². The predicted molar refractivity (Wildman–Crippen MR) is 109 cm³/mol. The van der Waals surface area contributed by atoms with Crippen LogP contribution in [0.5, 0.6) is 0 Å². The summed E-state index contributed by atoms with van der Waals surface area (Å²) in [5.74, 6) is -0.660. The third-order valence-corrected chi connectivity index (χ3v) is 5.02. The lowest BCUT2D eigenvalue weighted by Crippen LogP contribution is -2.27. The number of unbranched alkanes of at least 4 members (excludes halogenated alkanes) is 12. The Morgan fingerprint density at radius 3 is 1.36 bits per heavy atom. The van der Waals surface area contributed by atoms with E-state index in [-0.39, 0.29) is 0 Å². The van der Waals surface area contributed by atoms with Crippen molar-refractivity contribution < 1.29 is 9.90 Å². The fourth-order valence-electron chi connectivity index (χ4n) is 3.37. The molecule has 0 aromatic rings. The Morgan fingerprint density at radius 1 is 0.600 bits per heavy atom. The van der Waals surface area contributed by atoms with Gasteiger partial charge in [0.05, 0.1) is 0 Å². The van der Waals surface area contributed by atoms with Crippen molar-refractivity contribution in [2.45, 2.75) is 117 Å². The number of nitrogens with zero attached hydrogens (tertiary/aromatic N) is 1. The fraction of sp³-hybridized carbons (Fsp3) is 0.955. The van der Waals surface area contributed by atoms with Crippen LogP contribution in [-0.4, -0.2) is 35.6 Å². The molecule has 0 atom stereocenters. The van der Waals surface area contributed by atoms with E-state index in [1.165, 1.54) is 89.9 Å². The zero-order valence-electron chi connectivity index (χ0n) is 17.2. The highest BCUT2D eigenvalue weighted by atomic mass is 16.4. The summed E-state index contributed by atoms with van der Waals surface area (Å²) in [5, 5.41) is 8.84. The number of carbonyl (C=O) groups is 1. The number of hydrogen-bond donors (Lipinski definition) is 1. The molecule has 3 heteroatoms. The molecule has 0 amide bonds. The Morgan fingerprint density at radius 2 is 0.960 bits per heavy atom. The lowest BCUT2D eigenvalue weighted by atomic mass is 10.1. The number of carboxylic acids is 1. The van der Waals surface area contributed by atoms with Crippen molar-refractivity contribution in [2.24, 2.45) is 0 Å². The number of rotatable bonds is 20. The molecule has 0 saturated carbocycles. The topological polar surface area (TPSA) is 40.5 Å². The van der Waals surface area contributed by atoms with Crippen molar-refractivity contribution in [3.8, 4) is 0 Å². The molecule has 0 radical (unpaired) electrons. The maximum Gasteiger partial charge on any atom is 0.303 e. The van der Waals surface area contributed by atoms with Crippen LogP contribution in [0.1, 0.15) is 117 Å². The van der Waals surface area contributed by atoms with Crippen molar-refractivity contribution in [2.75, 3.05) is 19.6 Å². The van der Waals surface area contributed by atoms with Gasteiger partial charge in [-0.25, -0.2) is 0 Å². The molecule has 0 unspecified atom stereocenters. The van der Waals surface area contributed by atoms with Crippen molar-refractivity contribution in [1.82, 2.24) is 4.90 Å². The molecule has 0 aliphatic carbocycles. The van der Waals surface area contributed by atoms with Crippen molar-refractivity contribution in [1.29, 1.82) is 0 Å². The highest BCUT2D eigenvalue weighted by Crippen LogP contribution is 2.10. The summed E-state index contributed by atoms with van der Waals surface area (Å²) in [5.41, 5.74) is 0. The van der Waals surface area contributed by atoms with Crippen molar-refractivity contribution >= 4 is 5.97 Å². The first-order valence-electron chi connectivity index (χ1n) is 11.1. The quantitative estimate of drug-likeness (QED) is 0.248. The second kappa shape index (κ2) is 19.8. The molecule has 0 aromatic carbocycles. The van der Waals surface area contributed by atoms with Crippen LogP contribution in [0.2, 0.25) is 0 Å². The number of hydrogen-bond acceptors (Lipinski definition) is 2. The Balaban J connectivity index is 3.76. The highest BCUT2D eigenvalue weighted by molar-refractivity contribution is 5.66. The molecule has 0 bridgehead atoms. The SMILES string of the molecule is CCCCCCCCCN(CCCCCCCCC)CCCC(=O)O. The molecule has 0 saturated heterocycles. The van der Waals surface area contributed by atoms with E-state index in [1.54, 1.807) is 0 Å². The van der Waals surface area contributed by atoms with E-state index >= 15 is 0 Å². The van der Waals surface area contributed by atoms with Gasteiger partial charge in [-0.3, -0.25) is 4.79 Å². The minimum Gasteiger partial charge on any atom is -0.481 e. The van der Waals surface area contributed by atoms with Gasteiger partial charge in [-0.1, -0.05) is 90.9 Å². The van der Waals surface area contributed by atoms with Gasteiger partial charge in [0.1, 0.15) is 0 Å². The van der Waals surface area contributed by atoms with Gasteiger partial charge in [-0.05, 0) is 38.9 Å². The summed E-state index contributed by atoms with van der Waals surface area (Å²) in [6, 6.07) is 0. The summed E-state index contributed by atoms with van der Waals surface area (Å²) < 4.78 is 0. The molecule has 3 nitrogen and oxygen atoms in total. The lowest BCUT2D eigenvalue weighted by molar-refractivity contribution is -0.137. The normalized spacial score (nSPS) is 11.3. The Hall–Kier alpha value is -0.570. The van der Waals surface area contributed by atoms with Crippen LogP contribution in [0.25, 0.3) is 0 Å². The zero-order chi connectivity index (χ0) is 18.6. The molecular formula is C22H45NO2. The molecule has 0 aromatic heterocycles. The molecular weight excluding hydrogens is 310 g/mol. The predicted octanol–water partition coefficient (Wildman–Crippen LogP) is 6.65. The Kier molecular flexibility index (Phi) is 19.3. The van der Waals surface area contributed by atoms with Gasteiger partial charge < -0.3 is 10.0 Å². The van der Waals surface area contributed by atoms with Crippen molar-refractivity contribution in [3.63, 3.8) is 0 Å². The second-order valence-corrected chi connectivity index (χ2v) is 7.58. The standard InChI is InChI=1S/C22H45NO2/c1-3-5-7-9-11-13-15-19-23(21-17-18-22(24)25)20-16-14-12-10-8-6-4-2/h3-21H2,1-2H3,(H,24,25). The van der Waals surface area contributed by atoms with E-state index in [0.717, 1.165) is 26.1 Å². The zero-order valence-corrected chi connectivity index (χ0v) is 17.2. The first-order chi connectivity index (χ1) is 12.2. The van der Waals surface area contributed by atoms with Crippen LogP contribution in [0.15, 0.2) is 0 Å². The molecule has 0 spiro atoms. The van der Waals surface area contributed by atoms with E-state index in [1.807, 2.05) is 0 Å². The van der Waals surface area contributed by atoms with E-state index in [0.29, 0.717) is 6.42 Å². The Labute approximate surface area is 157 Å². The molecule has 0 fully saturated rings. The molecule has 1 N–H and O–H groups in total. The molecule has 0 aliphatic heterocycles. The van der Waals surface area contributed by atoms with Gasteiger partial charge in [0.25, 0.3) is 0 Å². The summed E-state index contributed by atoms with van der Waals surface area (Å²) in [7, 11) is 0. The first-order valence-corrected chi connectivity index (χ1v) is 11.1. The summed E-state index contributed by atoms with van der Waals surface area (Å²) in [6.45, 7) is 7.79. The smallest absolute Gasteiger partial charge is 0.303 e. The highest BCUT2D eigenvalue weighted by Gasteiger charge is 2.06. The molecule has 0 heterocycles. The third kappa shape index (κ3) is 19.6. The summed E-state index contributed by atoms with van der Waals surface area (Å²) >= 11 is 0. The van der Waals surface area contributed by atoms with Gasteiger partial charge in [0.2, 0.25) is 0 Å². The minimum absolute atomic E-state index is 0.310. The van der Waals surface area contributed by atoms with Crippen molar-refractivity contribution in [3.05, 3.63) is 0 Å². The summed E-state index contributed by atoms with van der Waals surface area (Å²) in [4.78, 5) is 13.2. The van der Waals surface area contributed by atoms with Gasteiger partial charge in [-0.15, -0.1) is 0 Å². The third-order valence-electron chi connectivity index (χ3n) is 5.02. The van der Waals surface area contributed by atoms with Crippen LogP contribution in [-0.2, 0) is 4.79 Å². The van der Waals surface area contributed by atoms with E-state index < -0.39 is 5.97 Å². The Bertz CT molecular complexity index is 263. The number of carboxylic acid groups (broad SMARTS) is 1. The largest absolute Gasteiger partial charge is 0.481 e. The average molecular weight is 356 g/mol. The fourth-order valence-corrected chi connectivity index (χ4v) is 3.37. The molecule has 25 heavy (non-hydrogen) atoms. The van der Waals surface area contributed by atoms with E-state index in [2.05, 4.69) is 18.7 Å². The second-order valence-electron chi connectivity index (χ2n) is 7.58. The molecule has 0 aliphatic rings. The monoisotopic (exact) mass is 355 g/mol. The van der Waals surface area contributed by atoms with Crippen LogP contribution < -0.4 is 0 Å². The molecule has 0 rings (SSSR count). The van der Waals surface area contributed by atoms with E-state index in [4.69, 9.17) is 5.11 Å². The maximum absolute atomic E-state index is 10.7. The van der Waals surface area contributed by atoms with Crippen LogP contribution in [0, 0.1) is 0 Å². The van der Waals surface area contributed by atoms with Gasteiger partial charge in [0.15, 0.2) is 0 Å². The van der Waals surface area contributed by atoms with Crippen LogP contribution in [0.4, 0.5) is 0 Å².